The van der Waals surface area contributed by atoms with Gasteiger partial charge in [-0.15, -0.1) is 0 Å². The molecule has 0 aliphatic rings. The number of benzene rings is 1. The average molecular weight is 378 g/mol. The molecule has 1 amide bonds. The summed E-state index contributed by atoms with van der Waals surface area (Å²) in [5, 5.41) is 20.2. The molecule has 134 valence electrons. The zero-order valence-electron chi connectivity index (χ0n) is 14.1. The fourth-order valence-electron chi connectivity index (χ4n) is 2.72. The van der Waals surface area contributed by atoms with Gasteiger partial charge in [0.25, 0.3) is 0 Å². The van der Waals surface area contributed by atoms with Crippen LogP contribution in [0, 0.1) is 0 Å². The van der Waals surface area contributed by atoms with Crippen molar-refractivity contribution in [1.29, 1.82) is 0 Å². The van der Waals surface area contributed by atoms with Gasteiger partial charge in [-0.25, -0.2) is 14.1 Å². The standard InChI is InChI=1S/C16H22Cl2N2O4/c1-9(21)20(8-14(23)24,16(2,3)4)7-13(22)10-5-11(17)15(19)12(18)6-10/h5-6,13,22H,7-8,19H2,1-4H3/p+1. The van der Waals surface area contributed by atoms with E-state index >= 15 is 0 Å². The monoisotopic (exact) mass is 377 g/mol. The molecule has 1 aromatic rings. The number of carboxylic acids is 1. The Morgan fingerprint density at radius 1 is 1.25 bits per heavy atom. The van der Waals surface area contributed by atoms with Crippen LogP contribution in [0.2, 0.25) is 10.0 Å². The number of hydrogen-bond donors (Lipinski definition) is 3. The van der Waals surface area contributed by atoms with Crippen LogP contribution in [0.25, 0.3) is 0 Å². The van der Waals surface area contributed by atoms with Crippen LogP contribution in [0.4, 0.5) is 5.69 Å². The van der Waals surface area contributed by atoms with Crippen LogP contribution < -0.4 is 5.73 Å². The van der Waals surface area contributed by atoms with E-state index in [9.17, 15) is 19.8 Å². The zero-order valence-corrected chi connectivity index (χ0v) is 15.6. The highest BCUT2D eigenvalue weighted by Crippen LogP contribution is 2.34. The van der Waals surface area contributed by atoms with Crippen molar-refractivity contribution in [1.82, 2.24) is 0 Å². The molecule has 0 spiro atoms. The van der Waals surface area contributed by atoms with Crippen molar-refractivity contribution in [3.05, 3.63) is 27.7 Å². The van der Waals surface area contributed by atoms with Crippen LogP contribution in [0.15, 0.2) is 12.1 Å². The molecule has 4 N–H and O–H groups in total. The summed E-state index contributed by atoms with van der Waals surface area (Å²) in [6.07, 6.45) is -1.14. The van der Waals surface area contributed by atoms with Crippen LogP contribution in [-0.2, 0) is 9.59 Å². The van der Waals surface area contributed by atoms with E-state index in [0.717, 1.165) is 0 Å². The Labute approximate surface area is 151 Å². The minimum absolute atomic E-state index is 0.123. The second-order valence-electron chi connectivity index (χ2n) is 6.81. The number of anilines is 1. The molecule has 24 heavy (non-hydrogen) atoms. The van der Waals surface area contributed by atoms with Gasteiger partial charge in [-0.05, 0) is 38.5 Å². The van der Waals surface area contributed by atoms with Gasteiger partial charge in [0.05, 0.1) is 28.2 Å². The lowest BCUT2D eigenvalue weighted by atomic mass is 9.97. The zero-order chi connectivity index (χ0) is 18.9. The molecule has 0 bridgehead atoms. The smallest absolute Gasteiger partial charge is 0.359 e. The first-order valence-corrected chi connectivity index (χ1v) is 8.10. The number of nitrogens with zero attached hydrogens (tertiary/aromatic N) is 1. The molecule has 0 saturated heterocycles. The Hall–Kier alpha value is -1.34. The van der Waals surface area contributed by atoms with E-state index in [2.05, 4.69) is 0 Å². The quantitative estimate of drug-likeness (QED) is 0.540. The van der Waals surface area contributed by atoms with Crippen molar-refractivity contribution in [2.24, 2.45) is 0 Å². The van der Waals surface area contributed by atoms with Gasteiger partial charge in [-0.3, -0.25) is 0 Å². The number of carbonyl (C=O) groups excluding carboxylic acids is 1. The first-order valence-electron chi connectivity index (χ1n) is 7.34. The molecule has 0 heterocycles. The molecule has 0 fully saturated rings. The Morgan fingerprint density at radius 2 is 1.71 bits per heavy atom. The summed E-state index contributed by atoms with van der Waals surface area (Å²) in [6.45, 7) is 6.03. The third kappa shape index (κ3) is 4.19. The number of aliphatic carboxylic acids is 1. The molecule has 0 saturated carbocycles. The third-order valence-corrected chi connectivity index (χ3v) is 4.89. The summed E-state index contributed by atoms with van der Waals surface area (Å²) in [4.78, 5) is 23.7. The maximum atomic E-state index is 12.3. The molecule has 8 heteroatoms. The maximum absolute atomic E-state index is 12.3. The summed E-state index contributed by atoms with van der Waals surface area (Å²) in [6, 6.07) is 2.93. The van der Waals surface area contributed by atoms with Crippen molar-refractivity contribution in [2.45, 2.75) is 39.3 Å². The summed E-state index contributed by atoms with van der Waals surface area (Å²) in [5.74, 6) is -1.47. The van der Waals surface area contributed by atoms with Gasteiger partial charge in [0.2, 0.25) is 0 Å². The van der Waals surface area contributed by atoms with Gasteiger partial charge in [-0.2, -0.15) is 0 Å². The summed E-state index contributed by atoms with van der Waals surface area (Å²) in [7, 11) is 0. The van der Waals surface area contributed by atoms with Crippen LogP contribution >= 0.6 is 23.2 Å². The Bertz CT molecular complexity index is 635. The number of quaternary nitrogens is 1. The van der Waals surface area contributed by atoms with E-state index in [1.807, 2.05) is 0 Å². The molecule has 2 unspecified atom stereocenters. The number of carbonyl (C=O) groups is 2. The predicted molar refractivity (Wildman–Crippen MR) is 93.9 cm³/mol. The number of halogens is 2. The molecule has 1 rings (SSSR count). The predicted octanol–water partition coefficient (Wildman–Crippen LogP) is 2.86. The first-order chi connectivity index (χ1) is 10.8. The maximum Gasteiger partial charge on any atom is 0.359 e. The van der Waals surface area contributed by atoms with Crippen molar-refractivity contribution < 1.29 is 24.3 Å². The Morgan fingerprint density at radius 3 is 2.04 bits per heavy atom. The molecule has 0 aliphatic carbocycles. The second kappa shape index (κ2) is 7.27. The highest BCUT2D eigenvalue weighted by atomic mass is 35.5. The van der Waals surface area contributed by atoms with Crippen LogP contribution in [-0.4, -0.2) is 45.2 Å². The number of aliphatic hydroxyl groups excluding tert-OH is 1. The lowest BCUT2D eigenvalue weighted by Crippen LogP contribution is -2.66. The largest absolute Gasteiger partial charge is 0.477 e. The minimum atomic E-state index is -1.14. The van der Waals surface area contributed by atoms with E-state index in [0.29, 0.717) is 5.56 Å². The van der Waals surface area contributed by atoms with Crippen LogP contribution in [0.1, 0.15) is 39.4 Å². The number of nitrogen functional groups attached to an aromatic ring is 1. The Kier molecular flexibility index (Phi) is 6.27. The lowest BCUT2D eigenvalue weighted by Gasteiger charge is -2.45. The highest BCUT2D eigenvalue weighted by Gasteiger charge is 2.48. The van der Waals surface area contributed by atoms with E-state index < -0.39 is 28.6 Å². The van der Waals surface area contributed by atoms with Gasteiger partial charge in [-0.1, -0.05) is 23.2 Å². The third-order valence-electron chi connectivity index (χ3n) is 4.26. The molecule has 2 atom stereocenters. The number of aliphatic hydroxyl groups is 1. The van der Waals surface area contributed by atoms with Crippen molar-refractivity contribution >= 4 is 40.8 Å². The van der Waals surface area contributed by atoms with Gasteiger partial charge >= 0.3 is 11.9 Å². The summed E-state index contributed by atoms with van der Waals surface area (Å²) >= 11 is 12.0. The molecule has 0 radical (unpaired) electrons. The van der Waals surface area contributed by atoms with Gasteiger partial charge in [0.15, 0.2) is 6.54 Å². The molecule has 0 aliphatic heterocycles. The number of nitrogens with two attached hydrogens (primary N) is 1. The minimum Gasteiger partial charge on any atom is -0.477 e. The SMILES string of the molecule is CC(=O)[N+](CC(=O)O)(CC(O)c1cc(Cl)c(N)c(Cl)c1)C(C)(C)C. The normalized spacial score (nSPS) is 15.6. The number of hydrogen-bond acceptors (Lipinski definition) is 4. The van der Waals surface area contributed by atoms with Crippen molar-refractivity contribution in [3.8, 4) is 0 Å². The van der Waals surface area contributed by atoms with E-state index in [1.165, 1.54) is 19.1 Å². The Balaban J connectivity index is 3.33. The van der Waals surface area contributed by atoms with Gasteiger partial charge in [0.1, 0.15) is 12.6 Å². The van der Waals surface area contributed by atoms with Crippen molar-refractivity contribution in [2.75, 3.05) is 18.8 Å². The molecule has 6 nitrogen and oxygen atoms in total. The first kappa shape index (κ1) is 20.7. The van der Waals surface area contributed by atoms with E-state index in [4.69, 9.17) is 28.9 Å². The van der Waals surface area contributed by atoms with Crippen LogP contribution in [0.3, 0.4) is 0 Å². The fraction of sp³-hybridized carbons (Fsp3) is 0.500. The van der Waals surface area contributed by atoms with Gasteiger partial charge < -0.3 is 15.9 Å². The lowest BCUT2D eigenvalue weighted by molar-refractivity contribution is -0.897. The van der Waals surface area contributed by atoms with E-state index in [-0.39, 0.29) is 28.2 Å². The topological polar surface area (TPSA) is 101 Å². The molecular formula is C16H23Cl2N2O4+. The van der Waals surface area contributed by atoms with Crippen molar-refractivity contribution in [3.63, 3.8) is 0 Å². The van der Waals surface area contributed by atoms with E-state index in [1.54, 1.807) is 20.8 Å². The highest BCUT2D eigenvalue weighted by molar-refractivity contribution is 6.38. The number of amides is 1. The molecule has 0 aromatic heterocycles. The number of rotatable bonds is 5. The molecular weight excluding hydrogens is 355 g/mol. The van der Waals surface area contributed by atoms with Gasteiger partial charge in [0, 0.05) is 0 Å². The average Bonchev–Trinajstić information content (AvgIpc) is 2.41. The second-order valence-corrected chi connectivity index (χ2v) is 7.62. The molecule has 1 aromatic carbocycles. The summed E-state index contributed by atoms with van der Waals surface area (Å²) in [5.41, 5.74) is 5.52. The van der Waals surface area contributed by atoms with Crippen LogP contribution in [0.5, 0.6) is 0 Å². The fourth-order valence-corrected chi connectivity index (χ4v) is 3.22. The summed E-state index contributed by atoms with van der Waals surface area (Å²) < 4.78 is -0.427. The number of carboxylic acid groups (broad SMARTS) is 1.